The molecule has 116 valence electrons. The first-order valence-electron chi connectivity index (χ1n) is 8.01. The van der Waals surface area contributed by atoms with Gasteiger partial charge in [-0.05, 0) is 31.7 Å². The number of ether oxygens (including phenoxy) is 1. The van der Waals surface area contributed by atoms with Gasteiger partial charge in [0.15, 0.2) is 0 Å². The quantitative estimate of drug-likeness (QED) is 0.632. The molecule has 3 rings (SSSR count). The second kappa shape index (κ2) is 6.07. The molecule has 0 saturated heterocycles. The Bertz CT molecular complexity index is 590. The Morgan fingerprint density at radius 2 is 2.09 bits per heavy atom. The monoisotopic (exact) mass is 298 g/mol. The predicted octanol–water partition coefficient (Wildman–Crippen LogP) is 3.33. The SMILES string of the molecule is C[C@@]12C=CC[C@@H](C[C@H](C(=O)OCCc3ccccc3)C1)C2=O. The highest BCUT2D eigenvalue weighted by Gasteiger charge is 2.47. The number of rotatable bonds is 4. The summed E-state index contributed by atoms with van der Waals surface area (Å²) >= 11 is 0. The number of fused-ring (bicyclic) bond motifs is 2. The molecule has 0 unspecified atom stereocenters. The van der Waals surface area contributed by atoms with Crippen molar-refractivity contribution in [3.05, 3.63) is 48.0 Å². The fraction of sp³-hybridized carbons (Fsp3) is 0.474. The van der Waals surface area contributed by atoms with Crippen molar-refractivity contribution in [1.29, 1.82) is 0 Å². The lowest BCUT2D eigenvalue weighted by Crippen LogP contribution is -2.44. The van der Waals surface area contributed by atoms with Gasteiger partial charge in [0.1, 0.15) is 5.78 Å². The van der Waals surface area contributed by atoms with Crippen molar-refractivity contribution in [3.63, 3.8) is 0 Å². The van der Waals surface area contributed by atoms with Crippen LogP contribution in [0.2, 0.25) is 0 Å². The molecule has 1 aromatic carbocycles. The zero-order chi connectivity index (χ0) is 15.6. The van der Waals surface area contributed by atoms with E-state index < -0.39 is 5.41 Å². The highest BCUT2D eigenvalue weighted by molar-refractivity contribution is 5.92. The van der Waals surface area contributed by atoms with E-state index >= 15 is 0 Å². The summed E-state index contributed by atoms with van der Waals surface area (Å²) in [6, 6.07) is 10.0. The van der Waals surface area contributed by atoms with Gasteiger partial charge in [-0.1, -0.05) is 42.5 Å². The van der Waals surface area contributed by atoms with Gasteiger partial charge in [-0.15, -0.1) is 0 Å². The van der Waals surface area contributed by atoms with Crippen LogP contribution in [0, 0.1) is 17.3 Å². The molecular weight excluding hydrogens is 276 g/mol. The Morgan fingerprint density at radius 1 is 1.32 bits per heavy atom. The summed E-state index contributed by atoms with van der Waals surface area (Å²) in [5.41, 5.74) is 0.700. The topological polar surface area (TPSA) is 43.4 Å². The minimum atomic E-state index is -0.468. The minimum Gasteiger partial charge on any atom is -0.465 e. The fourth-order valence-corrected chi connectivity index (χ4v) is 3.67. The molecule has 3 nitrogen and oxygen atoms in total. The van der Waals surface area contributed by atoms with Crippen LogP contribution in [-0.2, 0) is 20.7 Å². The Labute approximate surface area is 131 Å². The van der Waals surface area contributed by atoms with Crippen molar-refractivity contribution in [2.45, 2.75) is 32.6 Å². The van der Waals surface area contributed by atoms with Crippen LogP contribution in [0.3, 0.4) is 0 Å². The van der Waals surface area contributed by atoms with Gasteiger partial charge in [0.05, 0.1) is 12.5 Å². The first-order valence-corrected chi connectivity index (χ1v) is 8.01. The number of carbonyl (C=O) groups excluding carboxylic acids is 2. The summed E-state index contributed by atoms with van der Waals surface area (Å²) in [6.07, 6.45) is 6.80. The zero-order valence-electron chi connectivity index (χ0n) is 13.0. The van der Waals surface area contributed by atoms with Crippen LogP contribution >= 0.6 is 0 Å². The third kappa shape index (κ3) is 2.99. The smallest absolute Gasteiger partial charge is 0.309 e. The Hall–Kier alpha value is -1.90. The molecule has 0 aromatic heterocycles. The van der Waals surface area contributed by atoms with Crippen molar-refractivity contribution in [1.82, 2.24) is 0 Å². The standard InChI is InChI=1S/C19H22O3/c1-19-10-5-8-15(17(19)20)12-16(13-19)18(21)22-11-9-14-6-3-2-4-7-14/h2-7,10,15-16H,8-9,11-13H2,1H3/t15-,16-,19+/m0/s1. The van der Waals surface area contributed by atoms with E-state index in [9.17, 15) is 9.59 Å². The largest absolute Gasteiger partial charge is 0.465 e. The molecule has 0 radical (unpaired) electrons. The van der Waals surface area contributed by atoms with Gasteiger partial charge in [0.25, 0.3) is 0 Å². The highest BCUT2D eigenvalue weighted by atomic mass is 16.5. The van der Waals surface area contributed by atoms with Crippen LogP contribution in [0.1, 0.15) is 31.7 Å². The minimum absolute atomic E-state index is 0.00424. The third-order valence-electron chi connectivity index (χ3n) is 4.89. The molecule has 3 atom stereocenters. The average Bonchev–Trinajstić information content (AvgIpc) is 2.50. The number of hydrogen-bond donors (Lipinski definition) is 0. The lowest BCUT2D eigenvalue weighted by Gasteiger charge is -2.40. The number of esters is 1. The number of carbonyl (C=O) groups is 2. The van der Waals surface area contributed by atoms with Gasteiger partial charge in [0, 0.05) is 17.8 Å². The Morgan fingerprint density at radius 3 is 2.82 bits per heavy atom. The first-order chi connectivity index (χ1) is 10.6. The third-order valence-corrected chi connectivity index (χ3v) is 4.89. The van der Waals surface area contributed by atoms with E-state index in [1.54, 1.807) is 0 Å². The molecule has 0 spiro atoms. The number of ketones is 1. The van der Waals surface area contributed by atoms with Gasteiger partial charge < -0.3 is 4.74 Å². The van der Waals surface area contributed by atoms with Crippen molar-refractivity contribution < 1.29 is 14.3 Å². The summed E-state index contributed by atoms with van der Waals surface area (Å²) in [5.74, 6) is 0.00198. The molecule has 2 aliphatic rings. The molecular formula is C19H22O3. The van der Waals surface area contributed by atoms with Crippen molar-refractivity contribution in [3.8, 4) is 0 Å². The van der Waals surface area contributed by atoms with E-state index in [-0.39, 0.29) is 17.8 Å². The van der Waals surface area contributed by atoms with Gasteiger partial charge in [-0.2, -0.15) is 0 Å². The second-order valence-corrected chi connectivity index (χ2v) is 6.66. The van der Waals surface area contributed by atoms with Crippen LogP contribution in [0.25, 0.3) is 0 Å². The second-order valence-electron chi connectivity index (χ2n) is 6.66. The normalized spacial score (nSPS) is 30.1. The van der Waals surface area contributed by atoms with E-state index in [1.165, 1.54) is 5.56 Å². The molecule has 3 heteroatoms. The summed E-state index contributed by atoms with van der Waals surface area (Å²) in [7, 11) is 0. The van der Waals surface area contributed by atoms with Gasteiger partial charge in [-0.25, -0.2) is 0 Å². The summed E-state index contributed by atoms with van der Waals surface area (Å²) in [4.78, 5) is 24.6. The Balaban J connectivity index is 1.55. The molecule has 0 N–H and O–H groups in total. The maximum absolute atomic E-state index is 12.3. The maximum Gasteiger partial charge on any atom is 0.309 e. The van der Waals surface area contributed by atoms with Gasteiger partial charge in [0.2, 0.25) is 0 Å². The summed E-state index contributed by atoms with van der Waals surface area (Å²) in [5, 5.41) is 0. The van der Waals surface area contributed by atoms with Gasteiger partial charge in [-0.3, -0.25) is 9.59 Å². The van der Waals surface area contributed by atoms with Crippen LogP contribution in [-0.4, -0.2) is 18.4 Å². The molecule has 1 saturated carbocycles. The number of benzene rings is 1. The molecule has 22 heavy (non-hydrogen) atoms. The number of Topliss-reactive ketones (excluding diaryl/α,β-unsaturated/α-hetero) is 1. The predicted molar refractivity (Wildman–Crippen MR) is 84.2 cm³/mol. The van der Waals surface area contributed by atoms with Crippen LogP contribution in [0.15, 0.2) is 42.5 Å². The van der Waals surface area contributed by atoms with Crippen molar-refractivity contribution >= 4 is 11.8 Å². The fourth-order valence-electron chi connectivity index (χ4n) is 3.67. The van der Waals surface area contributed by atoms with E-state index in [0.29, 0.717) is 25.2 Å². The van der Waals surface area contributed by atoms with Crippen LogP contribution in [0.5, 0.6) is 0 Å². The van der Waals surface area contributed by atoms with E-state index in [4.69, 9.17) is 4.74 Å². The average molecular weight is 298 g/mol. The molecule has 2 bridgehead atoms. The molecule has 2 aliphatic carbocycles. The van der Waals surface area contributed by atoms with E-state index in [1.807, 2.05) is 43.3 Å². The van der Waals surface area contributed by atoms with Crippen LogP contribution < -0.4 is 0 Å². The molecule has 1 aromatic rings. The lowest BCUT2D eigenvalue weighted by atomic mass is 9.62. The summed E-state index contributed by atoms with van der Waals surface area (Å²) < 4.78 is 5.46. The molecule has 0 amide bonds. The molecule has 0 aliphatic heterocycles. The van der Waals surface area contributed by atoms with Gasteiger partial charge >= 0.3 is 5.97 Å². The lowest BCUT2D eigenvalue weighted by molar-refractivity contribution is -0.154. The van der Waals surface area contributed by atoms with Crippen LogP contribution in [0.4, 0.5) is 0 Å². The maximum atomic E-state index is 12.3. The molecule has 0 heterocycles. The first kappa shape index (κ1) is 15.0. The van der Waals surface area contributed by atoms with Crippen molar-refractivity contribution in [2.24, 2.45) is 17.3 Å². The van der Waals surface area contributed by atoms with E-state index in [0.717, 1.165) is 12.8 Å². The van der Waals surface area contributed by atoms with E-state index in [2.05, 4.69) is 6.08 Å². The molecule has 1 fully saturated rings. The Kier molecular flexibility index (Phi) is 4.14. The number of allylic oxidation sites excluding steroid dienone is 2. The number of hydrogen-bond acceptors (Lipinski definition) is 3. The highest BCUT2D eigenvalue weighted by Crippen LogP contribution is 2.45. The van der Waals surface area contributed by atoms with Crippen molar-refractivity contribution in [2.75, 3.05) is 6.61 Å². The summed E-state index contributed by atoms with van der Waals surface area (Å²) in [6.45, 7) is 2.35. The zero-order valence-corrected chi connectivity index (χ0v) is 13.0.